The Kier molecular flexibility index (Phi) is 12.0. The van der Waals surface area contributed by atoms with Crippen LogP contribution in [0.15, 0.2) is 12.2 Å². The van der Waals surface area contributed by atoms with Crippen LogP contribution in [0.5, 0.6) is 0 Å². The highest BCUT2D eigenvalue weighted by Crippen LogP contribution is 1.98. The van der Waals surface area contributed by atoms with Crippen molar-refractivity contribution in [2.75, 3.05) is 59.3 Å². The van der Waals surface area contributed by atoms with Gasteiger partial charge in [-0.3, -0.25) is 4.90 Å². The van der Waals surface area contributed by atoms with Gasteiger partial charge in [-0.2, -0.15) is 0 Å². The minimum Gasteiger partial charge on any atom is -0.381 e. The lowest BCUT2D eigenvalue weighted by atomic mass is 10.3. The maximum Gasteiger partial charge on any atom is 0.0594 e. The first-order chi connectivity index (χ1) is 9.93. The van der Waals surface area contributed by atoms with E-state index in [0.29, 0.717) is 0 Å². The molecule has 0 saturated carbocycles. The highest BCUT2D eigenvalue weighted by atomic mass is 16.5. The third-order valence-corrected chi connectivity index (χ3v) is 3.26. The van der Waals surface area contributed by atoms with Gasteiger partial charge in [-0.25, -0.2) is 0 Å². The van der Waals surface area contributed by atoms with Crippen molar-refractivity contribution in [2.24, 2.45) is 0 Å². The molecule has 0 radical (unpaired) electrons. The summed E-state index contributed by atoms with van der Waals surface area (Å²) in [4.78, 5) is 2.40. The highest BCUT2D eigenvalue weighted by Gasteiger charge is 2.08. The molecule has 1 rings (SSSR count). The van der Waals surface area contributed by atoms with E-state index < -0.39 is 0 Å². The fraction of sp³-hybridized carbons (Fsp3) is 0.875. The van der Waals surface area contributed by atoms with Crippen LogP contribution in [-0.4, -0.2) is 64.2 Å². The molecule has 118 valence electrons. The van der Waals surface area contributed by atoms with Gasteiger partial charge in [0.2, 0.25) is 0 Å². The van der Waals surface area contributed by atoms with Crippen molar-refractivity contribution < 1.29 is 14.2 Å². The fourth-order valence-corrected chi connectivity index (χ4v) is 2.06. The van der Waals surface area contributed by atoms with Gasteiger partial charge in [0.1, 0.15) is 0 Å². The SMILES string of the molecule is CCCOCC/C=C/CCCOCCN1CCOCC1. The van der Waals surface area contributed by atoms with E-state index in [1.807, 2.05) is 0 Å². The van der Waals surface area contributed by atoms with E-state index in [1.54, 1.807) is 0 Å². The molecule has 0 aromatic rings. The lowest BCUT2D eigenvalue weighted by Gasteiger charge is -2.26. The number of morpholine rings is 1. The van der Waals surface area contributed by atoms with Gasteiger partial charge in [0.25, 0.3) is 0 Å². The summed E-state index contributed by atoms with van der Waals surface area (Å²) >= 11 is 0. The van der Waals surface area contributed by atoms with E-state index in [0.717, 1.165) is 85.0 Å². The average Bonchev–Trinajstić information content (AvgIpc) is 2.49. The van der Waals surface area contributed by atoms with Gasteiger partial charge in [-0.15, -0.1) is 0 Å². The van der Waals surface area contributed by atoms with E-state index in [2.05, 4.69) is 24.0 Å². The molecule has 0 bridgehead atoms. The van der Waals surface area contributed by atoms with Crippen molar-refractivity contribution in [1.29, 1.82) is 0 Å². The molecular formula is C16H31NO3. The van der Waals surface area contributed by atoms with Crippen molar-refractivity contribution in [1.82, 2.24) is 4.90 Å². The number of rotatable bonds is 12. The number of hydrogen-bond donors (Lipinski definition) is 0. The third-order valence-electron chi connectivity index (χ3n) is 3.26. The van der Waals surface area contributed by atoms with Crippen LogP contribution in [0.25, 0.3) is 0 Å². The Balaban J connectivity index is 1.76. The molecule has 4 nitrogen and oxygen atoms in total. The Morgan fingerprint density at radius 1 is 0.950 bits per heavy atom. The zero-order chi connectivity index (χ0) is 14.3. The Bertz CT molecular complexity index is 228. The molecule has 0 amide bonds. The summed E-state index contributed by atoms with van der Waals surface area (Å²) in [6, 6.07) is 0. The second-order valence-corrected chi connectivity index (χ2v) is 5.08. The lowest BCUT2D eigenvalue weighted by Crippen LogP contribution is -2.38. The van der Waals surface area contributed by atoms with E-state index in [1.165, 1.54) is 0 Å². The summed E-state index contributed by atoms with van der Waals surface area (Å²) < 4.78 is 16.4. The van der Waals surface area contributed by atoms with Crippen LogP contribution in [0.3, 0.4) is 0 Å². The summed E-state index contributed by atoms with van der Waals surface area (Å²) in [7, 11) is 0. The molecule has 20 heavy (non-hydrogen) atoms. The topological polar surface area (TPSA) is 30.9 Å². The standard InChI is InChI=1S/C16H31NO3/c1-2-11-18-12-6-4-3-5-7-13-19-14-8-17-9-15-20-16-10-17/h3-4H,2,5-16H2,1H3/b4-3+. The largest absolute Gasteiger partial charge is 0.381 e. The first-order valence-electron chi connectivity index (χ1n) is 8.04. The van der Waals surface area contributed by atoms with Crippen LogP contribution in [0.2, 0.25) is 0 Å². The van der Waals surface area contributed by atoms with E-state index in [4.69, 9.17) is 14.2 Å². The van der Waals surface area contributed by atoms with E-state index in [-0.39, 0.29) is 0 Å². The molecular weight excluding hydrogens is 254 g/mol. The normalized spacial score (nSPS) is 17.1. The molecule has 1 aliphatic heterocycles. The molecule has 0 aliphatic carbocycles. The molecule has 0 spiro atoms. The highest BCUT2D eigenvalue weighted by molar-refractivity contribution is 4.81. The molecule has 1 aliphatic rings. The summed E-state index contributed by atoms with van der Waals surface area (Å²) in [6.07, 6.45) is 8.79. The maximum absolute atomic E-state index is 5.65. The van der Waals surface area contributed by atoms with Crippen molar-refractivity contribution in [3.8, 4) is 0 Å². The number of hydrogen-bond acceptors (Lipinski definition) is 4. The zero-order valence-corrected chi connectivity index (χ0v) is 13.0. The molecule has 0 aromatic heterocycles. The van der Waals surface area contributed by atoms with Crippen LogP contribution in [0.1, 0.15) is 32.6 Å². The summed E-state index contributed by atoms with van der Waals surface area (Å²) in [6.45, 7) is 10.4. The summed E-state index contributed by atoms with van der Waals surface area (Å²) in [5.74, 6) is 0. The Morgan fingerprint density at radius 3 is 2.50 bits per heavy atom. The number of allylic oxidation sites excluding steroid dienone is 1. The number of unbranched alkanes of at least 4 members (excludes halogenated alkanes) is 1. The van der Waals surface area contributed by atoms with Crippen LogP contribution in [0.4, 0.5) is 0 Å². The molecule has 0 atom stereocenters. The molecule has 1 saturated heterocycles. The average molecular weight is 285 g/mol. The molecule has 4 heteroatoms. The van der Waals surface area contributed by atoms with Gasteiger partial charge in [0, 0.05) is 32.8 Å². The van der Waals surface area contributed by atoms with Crippen molar-refractivity contribution in [3.05, 3.63) is 12.2 Å². The van der Waals surface area contributed by atoms with Crippen LogP contribution in [0, 0.1) is 0 Å². The second-order valence-electron chi connectivity index (χ2n) is 5.08. The monoisotopic (exact) mass is 285 g/mol. The minimum absolute atomic E-state index is 0.842. The third kappa shape index (κ3) is 10.4. The molecule has 0 aromatic carbocycles. The minimum atomic E-state index is 0.842. The molecule has 1 heterocycles. The van der Waals surface area contributed by atoms with Crippen LogP contribution < -0.4 is 0 Å². The van der Waals surface area contributed by atoms with Crippen molar-refractivity contribution in [3.63, 3.8) is 0 Å². The Hall–Kier alpha value is -0.420. The molecule has 0 unspecified atom stereocenters. The number of nitrogens with zero attached hydrogens (tertiary/aromatic N) is 1. The van der Waals surface area contributed by atoms with Gasteiger partial charge in [-0.05, 0) is 25.7 Å². The van der Waals surface area contributed by atoms with Gasteiger partial charge in [-0.1, -0.05) is 19.1 Å². The Labute approximate surface area is 124 Å². The van der Waals surface area contributed by atoms with Crippen molar-refractivity contribution >= 4 is 0 Å². The number of ether oxygens (including phenoxy) is 3. The van der Waals surface area contributed by atoms with E-state index in [9.17, 15) is 0 Å². The quantitative estimate of drug-likeness (QED) is 0.407. The van der Waals surface area contributed by atoms with Crippen molar-refractivity contribution in [2.45, 2.75) is 32.6 Å². The van der Waals surface area contributed by atoms with E-state index >= 15 is 0 Å². The zero-order valence-electron chi connectivity index (χ0n) is 13.0. The molecule has 1 fully saturated rings. The van der Waals surface area contributed by atoms with Gasteiger partial charge in [0.15, 0.2) is 0 Å². The smallest absolute Gasteiger partial charge is 0.0594 e. The first-order valence-corrected chi connectivity index (χ1v) is 8.04. The fourth-order valence-electron chi connectivity index (χ4n) is 2.06. The predicted octanol–water partition coefficient (Wildman–Crippen LogP) is 2.49. The van der Waals surface area contributed by atoms with Crippen LogP contribution >= 0.6 is 0 Å². The van der Waals surface area contributed by atoms with Gasteiger partial charge in [0.05, 0.1) is 26.4 Å². The maximum atomic E-state index is 5.65. The summed E-state index contributed by atoms with van der Waals surface area (Å²) in [5.41, 5.74) is 0. The predicted molar refractivity (Wildman–Crippen MR) is 82.2 cm³/mol. The van der Waals surface area contributed by atoms with Crippen LogP contribution in [-0.2, 0) is 14.2 Å². The molecule has 0 N–H and O–H groups in total. The first kappa shape index (κ1) is 17.6. The van der Waals surface area contributed by atoms with Gasteiger partial charge >= 0.3 is 0 Å². The summed E-state index contributed by atoms with van der Waals surface area (Å²) in [5, 5.41) is 0. The lowest BCUT2D eigenvalue weighted by molar-refractivity contribution is 0.0203. The Morgan fingerprint density at radius 2 is 1.70 bits per heavy atom. The second kappa shape index (κ2) is 13.6. The van der Waals surface area contributed by atoms with Gasteiger partial charge < -0.3 is 14.2 Å².